The normalized spacial score (nSPS) is 12.7. The molecule has 0 radical (unpaired) electrons. The molecule has 2 aromatic rings. The van der Waals surface area contributed by atoms with Crippen molar-refractivity contribution in [2.24, 2.45) is 0 Å². The van der Waals surface area contributed by atoms with Gasteiger partial charge in [0.05, 0.1) is 10.4 Å². The largest absolute Gasteiger partial charge is 0.309 e. The lowest BCUT2D eigenvalue weighted by molar-refractivity contribution is 0.700. The van der Waals surface area contributed by atoms with Crippen LogP contribution in [0, 0.1) is 6.92 Å². The standard InChI is InChI=1S/C13H12BrCl2NS/c1-7-5-11(18-13(7)16)12(17-2)9-4-3-8(15)6-10(9)14/h3-6,12,17H,1-2H3. The quantitative estimate of drug-likeness (QED) is 0.765. The molecule has 0 aliphatic carbocycles. The Morgan fingerprint density at radius 2 is 2.00 bits per heavy atom. The summed E-state index contributed by atoms with van der Waals surface area (Å²) in [4.78, 5) is 1.20. The lowest BCUT2D eigenvalue weighted by atomic mass is 10.1. The van der Waals surface area contributed by atoms with Gasteiger partial charge in [-0.05, 0) is 43.3 Å². The van der Waals surface area contributed by atoms with Gasteiger partial charge in [-0.3, -0.25) is 0 Å². The minimum absolute atomic E-state index is 0.118. The van der Waals surface area contributed by atoms with Gasteiger partial charge in [-0.2, -0.15) is 0 Å². The Morgan fingerprint density at radius 1 is 1.28 bits per heavy atom. The molecule has 1 heterocycles. The number of benzene rings is 1. The molecule has 0 amide bonds. The minimum Gasteiger partial charge on any atom is -0.309 e. The second kappa shape index (κ2) is 5.93. The van der Waals surface area contributed by atoms with Gasteiger partial charge in [0.25, 0.3) is 0 Å². The summed E-state index contributed by atoms with van der Waals surface area (Å²) in [6.07, 6.45) is 0. The Bertz CT molecular complexity index is 549. The predicted octanol–water partition coefficient (Wildman–Crippen LogP) is 5.43. The Morgan fingerprint density at radius 3 is 2.50 bits per heavy atom. The molecule has 18 heavy (non-hydrogen) atoms. The smallest absolute Gasteiger partial charge is 0.0961 e. The molecule has 1 N–H and O–H groups in total. The molecule has 0 bridgehead atoms. The van der Waals surface area contributed by atoms with E-state index in [2.05, 4.69) is 27.3 Å². The fraction of sp³-hybridized carbons (Fsp3) is 0.231. The summed E-state index contributed by atoms with van der Waals surface area (Å²) in [6.45, 7) is 2.02. The van der Waals surface area contributed by atoms with Gasteiger partial charge in [0.2, 0.25) is 0 Å². The first-order chi connectivity index (χ1) is 8.52. The van der Waals surface area contributed by atoms with E-state index >= 15 is 0 Å². The summed E-state index contributed by atoms with van der Waals surface area (Å²) < 4.78 is 1.84. The molecule has 0 spiro atoms. The predicted molar refractivity (Wildman–Crippen MR) is 84.1 cm³/mol. The molecule has 0 saturated heterocycles. The monoisotopic (exact) mass is 363 g/mol. The molecule has 0 fully saturated rings. The van der Waals surface area contributed by atoms with Gasteiger partial charge in [-0.25, -0.2) is 0 Å². The van der Waals surface area contributed by atoms with Gasteiger partial charge in [0.15, 0.2) is 0 Å². The first-order valence-corrected chi connectivity index (χ1v) is 7.77. The third-order valence-electron chi connectivity index (χ3n) is 2.72. The van der Waals surface area contributed by atoms with Crippen molar-refractivity contribution in [1.82, 2.24) is 5.32 Å². The van der Waals surface area contributed by atoms with Gasteiger partial charge in [-0.15, -0.1) is 11.3 Å². The second-order valence-corrected chi connectivity index (χ2v) is 6.97. The number of hydrogen-bond donors (Lipinski definition) is 1. The van der Waals surface area contributed by atoms with E-state index in [0.29, 0.717) is 0 Å². The van der Waals surface area contributed by atoms with Gasteiger partial charge < -0.3 is 5.32 Å². The van der Waals surface area contributed by atoms with E-state index in [1.54, 1.807) is 11.3 Å². The topological polar surface area (TPSA) is 12.0 Å². The summed E-state index contributed by atoms with van der Waals surface area (Å²) in [5.74, 6) is 0. The molecule has 0 saturated carbocycles. The third kappa shape index (κ3) is 2.91. The molecule has 1 aromatic heterocycles. The highest BCUT2D eigenvalue weighted by Crippen LogP contribution is 2.36. The summed E-state index contributed by atoms with van der Waals surface area (Å²) in [7, 11) is 1.94. The van der Waals surface area contributed by atoms with Gasteiger partial charge in [0.1, 0.15) is 0 Å². The van der Waals surface area contributed by atoms with E-state index in [1.807, 2.05) is 32.2 Å². The minimum atomic E-state index is 0.118. The number of thiophene rings is 1. The van der Waals surface area contributed by atoms with Crippen molar-refractivity contribution >= 4 is 50.5 Å². The van der Waals surface area contributed by atoms with Crippen LogP contribution in [0.15, 0.2) is 28.7 Å². The van der Waals surface area contributed by atoms with E-state index in [9.17, 15) is 0 Å². The highest BCUT2D eigenvalue weighted by atomic mass is 79.9. The Hall–Kier alpha value is -0.0600. The SMILES string of the molecule is CNC(c1cc(C)c(Cl)s1)c1ccc(Cl)cc1Br. The molecule has 1 nitrogen and oxygen atoms in total. The average Bonchev–Trinajstić information content (AvgIpc) is 2.63. The molecular formula is C13H12BrCl2NS. The van der Waals surface area contributed by atoms with Crippen LogP contribution in [-0.2, 0) is 0 Å². The lowest BCUT2D eigenvalue weighted by Gasteiger charge is -2.16. The highest BCUT2D eigenvalue weighted by Gasteiger charge is 2.18. The zero-order valence-corrected chi connectivity index (χ0v) is 13.8. The van der Waals surface area contributed by atoms with Crippen molar-refractivity contribution in [3.8, 4) is 0 Å². The second-order valence-electron chi connectivity index (χ2n) is 3.99. The average molecular weight is 365 g/mol. The van der Waals surface area contributed by atoms with Crippen molar-refractivity contribution in [3.63, 3.8) is 0 Å². The summed E-state index contributed by atoms with van der Waals surface area (Å²) in [5.41, 5.74) is 2.27. The van der Waals surface area contributed by atoms with Gasteiger partial charge >= 0.3 is 0 Å². The van der Waals surface area contributed by atoms with Crippen molar-refractivity contribution in [3.05, 3.63) is 54.1 Å². The maximum Gasteiger partial charge on any atom is 0.0961 e. The number of nitrogens with one attached hydrogen (secondary N) is 1. The van der Waals surface area contributed by atoms with Crippen LogP contribution in [0.3, 0.4) is 0 Å². The van der Waals surface area contributed by atoms with E-state index in [-0.39, 0.29) is 6.04 Å². The molecule has 96 valence electrons. The fourth-order valence-electron chi connectivity index (χ4n) is 1.81. The molecule has 1 atom stereocenters. The van der Waals surface area contributed by atoms with Crippen LogP contribution < -0.4 is 5.32 Å². The molecule has 5 heteroatoms. The van der Waals surface area contributed by atoms with E-state index in [1.165, 1.54) is 4.88 Å². The summed E-state index contributed by atoms with van der Waals surface area (Å²) >= 11 is 17.3. The van der Waals surface area contributed by atoms with Crippen LogP contribution in [0.2, 0.25) is 9.36 Å². The van der Waals surface area contributed by atoms with Crippen LogP contribution in [0.5, 0.6) is 0 Å². The van der Waals surface area contributed by atoms with Crippen LogP contribution >= 0.6 is 50.5 Å². The molecular weight excluding hydrogens is 353 g/mol. The maximum atomic E-state index is 6.14. The highest BCUT2D eigenvalue weighted by molar-refractivity contribution is 9.10. The van der Waals surface area contributed by atoms with Crippen molar-refractivity contribution < 1.29 is 0 Å². The number of aryl methyl sites for hydroxylation is 1. The summed E-state index contributed by atoms with van der Waals surface area (Å²) in [5, 5.41) is 4.04. The summed E-state index contributed by atoms with van der Waals surface area (Å²) in [6, 6.07) is 8.07. The fourth-order valence-corrected chi connectivity index (χ4v) is 4.07. The van der Waals surface area contributed by atoms with Crippen LogP contribution in [0.25, 0.3) is 0 Å². The Labute approximate surface area is 129 Å². The van der Waals surface area contributed by atoms with E-state index in [4.69, 9.17) is 23.2 Å². The molecule has 2 rings (SSSR count). The zero-order chi connectivity index (χ0) is 13.3. The lowest BCUT2D eigenvalue weighted by Crippen LogP contribution is -2.16. The molecule has 1 unspecified atom stereocenters. The van der Waals surface area contributed by atoms with Crippen LogP contribution in [0.4, 0.5) is 0 Å². The third-order valence-corrected chi connectivity index (χ3v) is 5.26. The van der Waals surface area contributed by atoms with E-state index in [0.717, 1.165) is 25.0 Å². The van der Waals surface area contributed by atoms with Crippen LogP contribution in [-0.4, -0.2) is 7.05 Å². The Kier molecular flexibility index (Phi) is 4.73. The molecule has 0 aliphatic rings. The molecule has 0 aliphatic heterocycles. The van der Waals surface area contributed by atoms with Gasteiger partial charge in [-0.1, -0.05) is 45.2 Å². The van der Waals surface area contributed by atoms with E-state index < -0.39 is 0 Å². The maximum absolute atomic E-state index is 6.14. The number of rotatable bonds is 3. The van der Waals surface area contributed by atoms with Crippen molar-refractivity contribution in [2.75, 3.05) is 7.05 Å². The van der Waals surface area contributed by atoms with Crippen LogP contribution in [0.1, 0.15) is 22.0 Å². The van der Waals surface area contributed by atoms with Crippen molar-refractivity contribution in [2.45, 2.75) is 13.0 Å². The number of hydrogen-bond acceptors (Lipinski definition) is 2. The van der Waals surface area contributed by atoms with Crippen molar-refractivity contribution in [1.29, 1.82) is 0 Å². The number of halogens is 3. The first-order valence-electron chi connectivity index (χ1n) is 5.41. The first kappa shape index (κ1) is 14.4. The van der Waals surface area contributed by atoms with Gasteiger partial charge in [0, 0.05) is 14.4 Å². The Balaban J connectivity index is 2.45. The molecule has 1 aromatic carbocycles. The zero-order valence-electron chi connectivity index (χ0n) is 9.93.